The standard InChI is InChI=1S/C15H12BrFO4/c1-19-13-5-2-10(8-12(13)17)9-20-15(18)7-4-11-3-6-14(16)21-11/h2-8H,9H2,1H3. The Hall–Kier alpha value is -2.08. The fraction of sp³-hybridized carbons (Fsp3) is 0.133. The van der Waals surface area contributed by atoms with Crippen LogP contribution < -0.4 is 4.74 Å². The number of hydrogen-bond acceptors (Lipinski definition) is 4. The van der Waals surface area contributed by atoms with E-state index < -0.39 is 11.8 Å². The van der Waals surface area contributed by atoms with Gasteiger partial charge in [0.2, 0.25) is 0 Å². The SMILES string of the molecule is COc1ccc(COC(=O)C=Cc2ccc(Br)o2)cc1F. The lowest BCUT2D eigenvalue weighted by molar-refractivity contribution is -0.138. The van der Waals surface area contributed by atoms with Crippen LogP contribution in [0.3, 0.4) is 0 Å². The molecule has 0 aliphatic heterocycles. The number of benzene rings is 1. The van der Waals surface area contributed by atoms with Gasteiger partial charge in [-0.05, 0) is 51.8 Å². The van der Waals surface area contributed by atoms with Crippen LogP contribution >= 0.6 is 15.9 Å². The van der Waals surface area contributed by atoms with Crippen LogP contribution in [-0.2, 0) is 16.1 Å². The van der Waals surface area contributed by atoms with Crippen LogP contribution in [0.4, 0.5) is 4.39 Å². The summed E-state index contributed by atoms with van der Waals surface area (Å²) in [4.78, 5) is 11.5. The monoisotopic (exact) mass is 354 g/mol. The van der Waals surface area contributed by atoms with Crippen molar-refractivity contribution in [3.05, 3.63) is 58.2 Å². The van der Waals surface area contributed by atoms with Gasteiger partial charge in [0.15, 0.2) is 16.2 Å². The highest BCUT2D eigenvalue weighted by Crippen LogP contribution is 2.18. The normalized spacial score (nSPS) is 10.8. The molecule has 0 atom stereocenters. The molecule has 4 nitrogen and oxygen atoms in total. The third kappa shape index (κ3) is 4.46. The van der Waals surface area contributed by atoms with Crippen LogP contribution in [0, 0.1) is 5.82 Å². The van der Waals surface area contributed by atoms with Crippen molar-refractivity contribution in [1.29, 1.82) is 0 Å². The van der Waals surface area contributed by atoms with Crippen molar-refractivity contribution in [2.45, 2.75) is 6.61 Å². The van der Waals surface area contributed by atoms with E-state index in [0.717, 1.165) is 0 Å². The Labute approximate surface area is 129 Å². The van der Waals surface area contributed by atoms with E-state index >= 15 is 0 Å². The Bertz CT molecular complexity index is 663. The molecule has 0 fully saturated rings. The smallest absolute Gasteiger partial charge is 0.331 e. The molecule has 0 radical (unpaired) electrons. The van der Waals surface area contributed by atoms with Crippen molar-refractivity contribution in [2.24, 2.45) is 0 Å². The maximum absolute atomic E-state index is 13.5. The second-order valence-electron chi connectivity index (χ2n) is 4.05. The van der Waals surface area contributed by atoms with Crippen LogP contribution in [0.25, 0.3) is 6.08 Å². The Morgan fingerprint density at radius 1 is 1.38 bits per heavy atom. The number of rotatable bonds is 5. The summed E-state index contributed by atoms with van der Waals surface area (Å²) in [5.41, 5.74) is 0.538. The summed E-state index contributed by atoms with van der Waals surface area (Å²) in [6.45, 7) is -0.0219. The summed E-state index contributed by atoms with van der Waals surface area (Å²) >= 11 is 3.16. The molecule has 0 saturated heterocycles. The zero-order chi connectivity index (χ0) is 15.2. The summed E-state index contributed by atoms with van der Waals surface area (Å²) in [6, 6.07) is 7.79. The molecule has 0 amide bonds. The number of carbonyl (C=O) groups excluding carboxylic acids is 1. The minimum absolute atomic E-state index is 0.0219. The van der Waals surface area contributed by atoms with Crippen LogP contribution in [0.15, 0.2) is 45.5 Å². The van der Waals surface area contributed by atoms with E-state index in [0.29, 0.717) is 16.0 Å². The lowest BCUT2D eigenvalue weighted by atomic mass is 10.2. The molecule has 6 heteroatoms. The van der Waals surface area contributed by atoms with Gasteiger partial charge < -0.3 is 13.9 Å². The lowest BCUT2D eigenvalue weighted by Crippen LogP contribution is -2.01. The molecule has 0 saturated carbocycles. The molecule has 1 heterocycles. The van der Waals surface area contributed by atoms with E-state index in [1.165, 1.54) is 31.4 Å². The van der Waals surface area contributed by atoms with Gasteiger partial charge in [-0.2, -0.15) is 0 Å². The van der Waals surface area contributed by atoms with Gasteiger partial charge in [-0.25, -0.2) is 9.18 Å². The third-order valence-electron chi connectivity index (χ3n) is 2.57. The van der Waals surface area contributed by atoms with Crippen molar-refractivity contribution >= 4 is 28.0 Å². The second kappa shape index (κ2) is 7.08. The maximum Gasteiger partial charge on any atom is 0.331 e. The van der Waals surface area contributed by atoms with E-state index in [2.05, 4.69) is 15.9 Å². The number of esters is 1. The number of furan rings is 1. The molecule has 21 heavy (non-hydrogen) atoms. The zero-order valence-electron chi connectivity index (χ0n) is 11.1. The average Bonchev–Trinajstić information content (AvgIpc) is 2.89. The van der Waals surface area contributed by atoms with Crippen molar-refractivity contribution in [3.63, 3.8) is 0 Å². The van der Waals surface area contributed by atoms with E-state index in [1.807, 2.05) is 0 Å². The summed E-state index contributed by atoms with van der Waals surface area (Å²) < 4.78 is 29.0. The molecule has 1 aromatic carbocycles. The van der Waals surface area contributed by atoms with E-state index in [4.69, 9.17) is 13.9 Å². The van der Waals surface area contributed by atoms with Gasteiger partial charge in [0.25, 0.3) is 0 Å². The fourth-order valence-corrected chi connectivity index (χ4v) is 1.89. The summed E-state index contributed by atoms with van der Waals surface area (Å²) in [6.07, 6.45) is 2.73. The molecule has 0 unspecified atom stereocenters. The first-order valence-electron chi connectivity index (χ1n) is 6.01. The topological polar surface area (TPSA) is 48.7 Å². The van der Waals surface area contributed by atoms with Crippen molar-refractivity contribution in [1.82, 2.24) is 0 Å². The van der Waals surface area contributed by atoms with Crippen LogP contribution in [-0.4, -0.2) is 13.1 Å². The first kappa shape index (κ1) is 15.3. The van der Waals surface area contributed by atoms with Gasteiger partial charge in [-0.1, -0.05) is 6.07 Å². The fourth-order valence-electron chi connectivity index (χ4n) is 1.57. The molecule has 0 aliphatic rings. The van der Waals surface area contributed by atoms with Gasteiger partial charge in [0.05, 0.1) is 7.11 Å². The summed E-state index contributed by atoms with van der Waals surface area (Å²) in [5.74, 6) is -0.372. The van der Waals surface area contributed by atoms with Gasteiger partial charge >= 0.3 is 5.97 Å². The van der Waals surface area contributed by atoms with Gasteiger partial charge in [0, 0.05) is 6.08 Å². The Morgan fingerprint density at radius 2 is 2.19 bits per heavy atom. The number of hydrogen-bond donors (Lipinski definition) is 0. The zero-order valence-corrected chi connectivity index (χ0v) is 12.7. The average molecular weight is 355 g/mol. The number of ether oxygens (including phenoxy) is 2. The molecule has 0 aliphatic carbocycles. The highest BCUT2D eigenvalue weighted by atomic mass is 79.9. The number of carbonyl (C=O) groups is 1. The quantitative estimate of drug-likeness (QED) is 0.602. The minimum atomic E-state index is -0.543. The summed E-state index contributed by atoms with van der Waals surface area (Å²) in [5, 5.41) is 0. The largest absolute Gasteiger partial charge is 0.494 e. The van der Waals surface area contributed by atoms with E-state index in [-0.39, 0.29) is 12.4 Å². The van der Waals surface area contributed by atoms with Gasteiger partial charge in [0.1, 0.15) is 12.4 Å². The molecule has 0 bridgehead atoms. The van der Waals surface area contributed by atoms with Crippen LogP contribution in [0.5, 0.6) is 5.75 Å². The molecule has 110 valence electrons. The number of halogens is 2. The van der Waals surface area contributed by atoms with Crippen molar-refractivity contribution in [2.75, 3.05) is 7.11 Å². The van der Waals surface area contributed by atoms with Crippen molar-refractivity contribution in [3.8, 4) is 5.75 Å². The first-order chi connectivity index (χ1) is 10.1. The Morgan fingerprint density at radius 3 is 2.81 bits per heavy atom. The molecular formula is C15H12BrFO4. The highest BCUT2D eigenvalue weighted by molar-refractivity contribution is 9.10. The Kier molecular flexibility index (Phi) is 5.16. The molecular weight excluding hydrogens is 343 g/mol. The predicted molar refractivity (Wildman–Crippen MR) is 78.2 cm³/mol. The van der Waals surface area contributed by atoms with Gasteiger partial charge in [-0.3, -0.25) is 0 Å². The first-order valence-corrected chi connectivity index (χ1v) is 6.80. The van der Waals surface area contributed by atoms with E-state index in [1.54, 1.807) is 18.2 Å². The molecule has 2 aromatic rings. The predicted octanol–water partition coefficient (Wildman–Crippen LogP) is 3.95. The molecule has 1 aromatic heterocycles. The number of methoxy groups -OCH3 is 1. The van der Waals surface area contributed by atoms with E-state index in [9.17, 15) is 9.18 Å². The maximum atomic E-state index is 13.5. The minimum Gasteiger partial charge on any atom is -0.494 e. The second-order valence-corrected chi connectivity index (χ2v) is 4.83. The Balaban J connectivity index is 1.89. The van der Waals surface area contributed by atoms with Gasteiger partial charge in [-0.15, -0.1) is 0 Å². The third-order valence-corrected chi connectivity index (χ3v) is 3.00. The van der Waals surface area contributed by atoms with Crippen LogP contribution in [0.1, 0.15) is 11.3 Å². The van der Waals surface area contributed by atoms with Crippen molar-refractivity contribution < 1.29 is 23.1 Å². The highest BCUT2D eigenvalue weighted by Gasteiger charge is 2.05. The summed E-state index contributed by atoms with van der Waals surface area (Å²) in [7, 11) is 1.38. The van der Waals surface area contributed by atoms with Crippen LogP contribution in [0.2, 0.25) is 0 Å². The molecule has 0 spiro atoms. The lowest BCUT2D eigenvalue weighted by Gasteiger charge is -2.05. The molecule has 2 rings (SSSR count). The molecule has 0 N–H and O–H groups in total.